The molecule has 0 bridgehead atoms. The average molecular weight is 1110 g/mol. The van der Waals surface area contributed by atoms with Crippen molar-refractivity contribution in [2.75, 3.05) is 39.4 Å². The minimum absolute atomic E-state index is 0.0327. The number of hydrogen-bond donors (Lipinski definition) is 5. The maximum Gasteiger partial charge on any atom is 0.321 e. The molecule has 8 aromatic rings. The number of fused-ring (bicyclic) bond motifs is 6. The van der Waals surface area contributed by atoms with Crippen LogP contribution in [0.3, 0.4) is 0 Å². The van der Waals surface area contributed by atoms with Gasteiger partial charge in [0, 0.05) is 94.6 Å². The number of imidazole rings is 2. The quantitative estimate of drug-likeness (QED) is 0.0485. The summed E-state index contributed by atoms with van der Waals surface area (Å²) in [4.78, 5) is 58.5. The number of carbonyl (C=O) groups is 3. The van der Waals surface area contributed by atoms with Crippen molar-refractivity contribution in [2.24, 2.45) is 21.8 Å². The number of aryl methyl sites for hydroxylation is 1. The van der Waals surface area contributed by atoms with E-state index >= 15 is 0 Å². The summed E-state index contributed by atoms with van der Waals surface area (Å²) in [6, 6.07) is 39.1. The predicted octanol–water partition coefficient (Wildman–Crippen LogP) is 10.8. The third-order valence-corrected chi connectivity index (χ3v) is 15.4. The lowest BCUT2D eigenvalue weighted by Gasteiger charge is -2.27. The van der Waals surface area contributed by atoms with Crippen molar-refractivity contribution in [1.29, 1.82) is 0 Å². The van der Waals surface area contributed by atoms with E-state index in [1.165, 1.54) is 64.2 Å². The molecule has 0 unspecified atom stereocenters. The van der Waals surface area contributed by atoms with Gasteiger partial charge in [0.1, 0.15) is 35.1 Å². The van der Waals surface area contributed by atoms with Crippen molar-refractivity contribution in [1.82, 2.24) is 29.7 Å². The van der Waals surface area contributed by atoms with Gasteiger partial charge in [-0.3, -0.25) is 29.3 Å². The molecule has 0 amide bonds. The van der Waals surface area contributed by atoms with Crippen molar-refractivity contribution in [3.63, 3.8) is 0 Å². The Kier molecular flexibility index (Phi) is 18.2. The van der Waals surface area contributed by atoms with E-state index in [1.54, 1.807) is 24.4 Å². The fourth-order valence-corrected chi connectivity index (χ4v) is 11.2. The molecule has 3 aliphatic heterocycles. The van der Waals surface area contributed by atoms with Crippen molar-refractivity contribution < 1.29 is 47.6 Å². The number of halogens is 3. The number of carboxylic acids is 3. The van der Waals surface area contributed by atoms with Crippen LogP contribution >= 0.6 is 0 Å². The Balaban J connectivity index is 0.000000139. The smallest absolute Gasteiger partial charge is 0.321 e. The molecule has 4 aliphatic rings. The zero-order chi connectivity index (χ0) is 57.1. The zero-order valence-electron chi connectivity index (χ0n) is 45.1. The number of hydrogen-bond acceptors (Lipinski definition) is 10. The fraction of sp³-hybridized carbons (Fsp3) is 0.297. The molecule has 0 spiro atoms. The lowest BCUT2D eigenvalue weighted by molar-refractivity contribution is -0.142. The monoisotopic (exact) mass is 1110 g/mol. The van der Waals surface area contributed by atoms with Gasteiger partial charge < -0.3 is 34.9 Å². The number of morpholine rings is 1. The van der Waals surface area contributed by atoms with E-state index in [1.807, 2.05) is 48.7 Å². The fourth-order valence-electron chi connectivity index (χ4n) is 11.2. The summed E-state index contributed by atoms with van der Waals surface area (Å²) in [5.74, 6) is -3.18. The molecule has 422 valence electrons. The minimum Gasteiger partial charge on any atom is -0.481 e. The van der Waals surface area contributed by atoms with Gasteiger partial charge in [0.2, 0.25) is 0 Å². The van der Waals surface area contributed by atoms with E-state index in [9.17, 15) is 42.9 Å². The van der Waals surface area contributed by atoms with E-state index in [-0.39, 0.29) is 29.8 Å². The van der Waals surface area contributed by atoms with Gasteiger partial charge in [-0.15, -0.1) is 0 Å². The third kappa shape index (κ3) is 14.3. The predicted molar refractivity (Wildman–Crippen MR) is 307 cm³/mol. The SMILES string of the molecule is O=C(O)[C@@H](CC1=Nc2ccc(F)cc2C1)NCCN1CCOCC1.O=C(O)[C@@H](Cc1nc2ccc(F)cc2[nH]1)CC1c2ccccc2-c2ccccc21.O=C(O)[C@H](CCc1nccn1Cc1ccccc1)CC1=Nc2ccc(F)cc2C1. The molecule has 0 radical (unpaired) electrons. The lowest BCUT2D eigenvalue weighted by Crippen LogP contribution is -2.45. The Labute approximate surface area is 472 Å². The average Bonchev–Trinajstić information content (AvgIpc) is 4.48. The van der Waals surface area contributed by atoms with Crippen molar-refractivity contribution in [3.05, 3.63) is 203 Å². The highest BCUT2D eigenvalue weighted by atomic mass is 19.1. The van der Waals surface area contributed by atoms with E-state index in [4.69, 9.17) is 4.74 Å². The molecule has 0 saturated carbocycles. The summed E-state index contributed by atoms with van der Waals surface area (Å²) in [5.41, 5.74) is 11.8. The molecular formula is C64H63F3N8O7. The molecule has 1 aliphatic carbocycles. The van der Waals surface area contributed by atoms with Gasteiger partial charge in [-0.1, -0.05) is 78.9 Å². The van der Waals surface area contributed by atoms with Crippen LogP contribution in [0.4, 0.5) is 24.5 Å². The highest BCUT2D eigenvalue weighted by Crippen LogP contribution is 2.47. The molecule has 2 aromatic heterocycles. The van der Waals surface area contributed by atoms with Crippen LogP contribution in [0.2, 0.25) is 0 Å². The van der Waals surface area contributed by atoms with Crippen molar-refractivity contribution in [2.45, 2.75) is 69.9 Å². The number of ether oxygens (including phenoxy) is 1. The first kappa shape index (κ1) is 56.7. The molecular weight excluding hydrogens is 1050 g/mol. The number of rotatable bonds is 20. The van der Waals surface area contributed by atoms with Gasteiger partial charge in [0.25, 0.3) is 0 Å². The second kappa shape index (κ2) is 26.3. The van der Waals surface area contributed by atoms with Crippen LogP contribution in [0.5, 0.6) is 0 Å². The highest BCUT2D eigenvalue weighted by molar-refractivity contribution is 5.97. The van der Waals surface area contributed by atoms with Crippen LogP contribution in [0.1, 0.15) is 71.1 Å². The van der Waals surface area contributed by atoms with Crippen molar-refractivity contribution >= 4 is 51.7 Å². The molecule has 15 nitrogen and oxygen atoms in total. The number of aliphatic imine (C=N–C) groups is 2. The molecule has 6 aromatic carbocycles. The van der Waals surface area contributed by atoms with Crippen LogP contribution in [0, 0.1) is 29.3 Å². The second-order valence-electron chi connectivity index (χ2n) is 21.0. The zero-order valence-corrected chi connectivity index (χ0v) is 45.1. The van der Waals surface area contributed by atoms with Gasteiger partial charge in [0.05, 0.1) is 47.5 Å². The maximum absolute atomic E-state index is 13.4. The van der Waals surface area contributed by atoms with E-state index in [2.05, 4.69) is 76.1 Å². The Morgan fingerprint density at radius 1 is 0.683 bits per heavy atom. The first-order valence-electron chi connectivity index (χ1n) is 27.6. The number of aliphatic carboxylic acids is 3. The molecule has 1 saturated heterocycles. The molecule has 5 heterocycles. The molecule has 1 fully saturated rings. The molecule has 18 heteroatoms. The topological polar surface area (TPSA) is 208 Å². The number of benzene rings is 6. The summed E-state index contributed by atoms with van der Waals surface area (Å²) < 4.78 is 47.4. The summed E-state index contributed by atoms with van der Waals surface area (Å²) in [7, 11) is 0. The number of nitrogens with zero attached hydrogens (tertiary/aromatic N) is 6. The summed E-state index contributed by atoms with van der Waals surface area (Å²) >= 11 is 0. The first-order valence-corrected chi connectivity index (χ1v) is 27.6. The number of carboxylic acid groups (broad SMARTS) is 3. The van der Waals surface area contributed by atoms with Gasteiger partial charge in [-0.25, -0.2) is 23.1 Å². The van der Waals surface area contributed by atoms with Gasteiger partial charge in [0.15, 0.2) is 0 Å². The van der Waals surface area contributed by atoms with Crippen LogP contribution < -0.4 is 5.32 Å². The van der Waals surface area contributed by atoms with Crippen molar-refractivity contribution in [3.8, 4) is 11.1 Å². The molecule has 82 heavy (non-hydrogen) atoms. The molecule has 5 N–H and O–H groups in total. The lowest BCUT2D eigenvalue weighted by atomic mass is 9.85. The number of aromatic nitrogens is 4. The normalized spacial score (nSPS) is 15.4. The van der Waals surface area contributed by atoms with Gasteiger partial charge in [-0.2, -0.15) is 0 Å². The van der Waals surface area contributed by atoms with Crippen LogP contribution in [-0.2, 0) is 51.3 Å². The maximum atomic E-state index is 13.4. The third-order valence-electron chi connectivity index (χ3n) is 15.4. The largest absolute Gasteiger partial charge is 0.481 e. The summed E-state index contributed by atoms with van der Waals surface area (Å²) in [6.45, 7) is 5.33. The van der Waals surface area contributed by atoms with Gasteiger partial charge >= 0.3 is 17.9 Å². The Hall–Kier alpha value is -8.58. The molecule has 12 rings (SSSR count). The first-order chi connectivity index (χ1) is 39.8. The van der Waals surface area contributed by atoms with Crippen LogP contribution in [0.25, 0.3) is 22.2 Å². The second-order valence-corrected chi connectivity index (χ2v) is 21.0. The van der Waals surface area contributed by atoms with Gasteiger partial charge in [-0.05, 0) is 113 Å². The minimum atomic E-state index is -0.887. The Bertz CT molecular complexity index is 3590. The Morgan fingerprint density at radius 3 is 1.91 bits per heavy atom. The van der Waals surface area contributed by atoms with E-state index in [0.29, 0.717) is 74.9 Å². The Morgan fingerprint density at radius 2 is 1.28 bits per heavy atom. The van der Waals surface area contributed by atoms with E-state index in [0.717, 1.165) is 72.6 Å². The number of H-pyrrole nitrogens is 1. The number of nitrogens with one attached hydrogen (secondary N) is 2. The summed E-state index contributed by atoms with van der Waals surface area (Å²) in [5, 5.41) is 32.1. The number of aromatic amines is 1. The highest BCUT2D eigenvalue weighted by Gasteiger charge is 2.33. The van der Waals surface area contributed by atoms with Crippen LogP contribution in [0.15, 0.2) is 156 Å². The standard InChI is InChI=1S/C24H19FN2O2.C23H22FN3O2.C17H22FN3O3/c25-15-9-10-21-22(13-15)27-23(26-21)12-14(24(28)29)11-20-18-7-3-1-5-16(18)17-6-2-4-8-19(17)20;24-19-7-8-21-18(12-19)14-20(26-21)13-17(23(28)29)6-9-22-25-10-11-27(22)15-16-4-2-1-3-5-16;18-13-1-2-15-12(9-13)10-14(20-15)11-16(17(22)23)19-3-4-21-5-7-24-8-6-21/h1-10,13-14,20H,11-12H2,(H,26,27)(H,28,29);1-5,7-8,10-12,17H,6,9,13-15H2,(H,28,29);1-2,9,16,19H,3-8,10-11H2,(H,22,23)/t14-;17-;16-/m111/s1. The summed E-state index contributed by atoms with van der Waals surface area (Å²) in [6.07, 6.45) is 7.20. The van der Waals surface area contributed by atoms with Crippen LogP contribution in [-0.4, -0.2) is 115 Å². The van der Waals surface area contributed by atoms with E-state index < -0.39 is 35.8 Å². The molecule has 3 atom stereocenters.